The molecule has 0 amide bonds. The zero-order chi connectivity index (χ0) is 13.3. The highest BCUT2D eigenvalue weighted by Crippen LogP contribution is 2.32. The highest BCUT2D eigenvalue weighted by Gasteiger charge is 2.38. The molecule has 0 aliphatic rings. The molecule has 6 heteroatoms. The lowest BCUT2D eigenvalue weighted by Crippen LogP contribution is -2.11. The predicted octanol–water partition coefficient (Wildman–Crippen LogP) is 3.23. The molecule has 1 heterocycles. The first-order valence-electron chi connectivity index (χ1n) is 5.03. The summed E-state index contributed by atoms with van der Waals surface area (Å²) in [5, 5.41) is 3.04. The van der Waals surface area contributed by atoms with Gasteiger partial charge in [0, 0.05) is 5.56 Å². The van der Waals surface area contributed by atoms with Gasteiger partial charge in [0.15, 0.2) is 0 Å². The Morgan fingerprint density at radius 2 is 1.83 bits per heavy atom. The van der Waals surface area contributed by atoms with E-state index in [1.165, 1.54) is 12.1 Å². The summed E-state index contributed by atoms with van der Waals surface area (Å²) in [4.78, 5) is 11.9. The number of alkyl halides is 3. The SMILES string of the molecule is Cc1ccc(C(=O)c2oncc2C(F)(F)F)cc1. The van der Waals surface area contributed by atoms with Gasteiger partial charge in [0.05, 0.1) is 6.20 Å². The van der Waals surface area contributed by atoms with Crippen LogP contribution in [0.4, 0.5) is 13.2 Å². The Kier molecular flexibility index (Phi) is 2.94. The van der Waals surface area contributed by atoms with E-state index >= 15 is 0 Å². The van der Waals surface area contributed by atoms with E-state index in [1.807, 2.05) is 6.92 Å². The molecular formula is C12H8F3NO2. The third kappa shape index (κ3) is 2.27. The summed E-state index contributed by atoms with van der Waals surface area (Å²) in [5.41, 5.74) is -0.129. The molecule has 18 heavy (non-hydrogen) atoms. The maximum Gasteiger partial charge on any atom is 0.421 e. The van der Waals surface area contributed by atoms with Crippen molar-refractivity contribution < 1.29 is 22.5 Å². The summed E-state index contributed by atoms with van der Waals surface area (Å²) in [5.74, 6) is -1.62. The Hall–Kier alpha value is -2.11. The molecule has 0 spiro atoms. The number of ketones is 1. The number of carbonyl (C=O) groups excluding carboxylic acids is 1. The van der Waals surface area contributed by atoms with E-state index in [4.69, 9.17) is 0 Å². The lowest BCUT2D eigenvalue weighted by atomic mass is 10.0. The van der Waals surface area contributed by atoms with Crippen LogP contribution in [0.15, 0.2) is 35.0 Å². The van der Waals surface area contributed by atoms with Crippen LogP contribution in [0.1, 0.15) is 27.2 Å². The van der Waals surface area contributed by atoms with Crippen LogP contribution >= 0.6 is 0 Å². The van der Waals surface area contributed by atoms with E-state index in [0.29, 0.717) is 6.20 Å². The monoisotopic (exact) mass is 255 g/mol. The van der Waals surface area contributed by atoms with Gasteiger partial charge in [-0.25, -0.2) is 0 Å². The van der Waals surface area contributed by atoms with E-state index in [1.54, 1.807) is 12.1 Å². The minimum absolute atomic E-state index is 0.128. The van der Waals surface area contributed by atoms with Crippen LogP contribution in [0.25, 0.3) is 0 Å². The highest BCUT2D eigenvalue weighted by molar-refractivity contribution is 6.08. The van der Waals surface area contributed by atoms with Crippen molar-refractivity contribution in [1.29, 1.82) is 0 Å². The average molecular weight is 255 g/mol. The van der Waals surface area contributed by atoms with Crippen molar-refractivity contribution >= 4 is 5.78 Å². The van der Waals surface area contributed by atoms with Crippen LogP contribution in [0.2, 0.25) is 0 Å². The number of hydrogen-bond donors (Lipinski definition) is 0. The number of nitrogens with zero attached hydrogens (tertiary/aromatic N) is 1. The first kappa shape index (κ1) is 12.3. The van der Waals surface area contributed by atoms with E-state index in [9.17, 15) is 18.0 Å². The topological polar surface area (TPSA) is 43.1 Å². The van der Waals surface area contributed by atoms with E-state index in [2.05, 4.69) is 9.68 Å². The Labute approximate surface area is 100 Å². The standard InChI is InChI=1S/C12H8F3NO2/c1-7-2-4-8(5-3-7)10(17)11-9(6-16-18-11)12(13,14)15/h2-6H,1H3. The van der Waals surface area contributed by atoms with Gasteiger partial charge in [-0.05, 0) is 6.92 Å². The van der Waals surface area contributed by atoms with Crippen LogP contribution in [-0.4, -0.2) is 10.9 Å². The molecule has 0 bridgehead atoms. The van der Waals surface area contributed by atoms with Gasteiger partial charge in [-0.3, -0.25) is 4.79 Å². The third-order valence-electron chi connectivity index (χ3n) is 2.40. The zero-order valence-corrected chi connectivity index (χ0v) is 9.28. The molecule has 0 fully saturated rings. The van der Waals surface area contributed by atoms with Crippen molar-refractivity contribution in [3.05, 3.63) is 52.9 Å². The summed E-state index contributed by atoms with van der Waals surface area (Å²) in [7, 11) is 0. The minimum Gasteiger partial charge on any atom is -0.352 e. The Morgan fingerprint density at radius 1 is 1.22 bits per heavy atom. The quantitative estimate of drug-likeness (QED) is 0.774. The number of aryl methyl sites for hydroxylation is 1. The molecule has 1 aromatic carbocycles. The van der Waals surface area contributed by atoms with Crippen LogP contribution in [-0.2, 0) is 6.18 Å². The fourth-order valence-corrected chi connectivity index (χ4v) is 1.44. The van der Waals surface area contributed by atoms with E-state index in [0.717, 1.165) is 5.56 Å². The largest absolute Gasteiger partial charge is 0.421 e. The van der Waals surface area contributed by atoms with E-state index in [-0.39, 0.29) is 5.56 Å². The summed E-state index contributed by atoms with van der Waals surface area (Å²) in [6.07, 6.45) is -4.16. The normalized spacial score (nSPS) is 11.6. The number of halogens is 3. The number of aromatic nitrogens is 1. The number of rotatable bonds is 2. The second-order valence-corrected chi connectivity index (χ2v) is 3.76. The predicted molar refractivity (Wildman–Crippen MR) is 56.1 cm³/mol. The lowest BCUT2D eigenvalue weighted by molar-refractivity contribution is -0.138. The highest BCUT2D eigenvalue weighted by atomic mass is 19.4. The van der Waals surface area contributed by atoms with Gasteiger partial charge in [0.2, 0.25) is 11.5 Å². The third-order valence-corrected chi connectivity index (χ3v) is 2.40. The molecular weight excluding hydrogens is 247 g/mol. The molecule has 0 saturated heterocycles. The van der Waals surface area contributed by atoms with Crippen LogP contribution in [0.5, 0.6) is 0 Å². The maximum atomic E-state index is 12.6. The van der Waals surface area contributed by atoms with Crippen molar-refractivity contribution in [3.63, 3.8) is 0 Å². The molecule has 0 radical (unpaired) electrons. The molecule has 2 rings (SSSR count). The summed E-state index contributed by atoms with van der Waals surface area (Å²) >= 11 is 0. The smallest absolute Gasteiger partial charge is 0.352 e. The molecule has 0 aliphatic carbocycles. The van der Waals surface area contributed by atoms with Gasteiger partial charge in [-0.1, -0.05) is 35.0 Å². The van der Waals surface area contributed by atoms with Gasteiger partial charge in [0.1, 0.15) is 5.56 Å². The van der Waals surface area contributed by atoms with E-state index < -0.39 is 23.3 Å². The van der Waals surface area contributed by atoms with Gasteiger partial charge in [-0.2, -0.15) is 13.2 Å². The minimum atomic E-state index is -4.66. The first-order chi connectivity index (χ1) is 8.39. The Bertz CT molecular complexity index is 570. The number of benzene rings is 1. The first-order valence-corrected chi connectivity index (χ1v) is 5.03. The van der Waals surface area contributed by atoms with Crippen molar-refractivity contribution in [2.24, 2.45) is 0 Å². The zero-order valence-electron chi connectivity index (χ0n) is 9.28. The average Bonchev–Trinajstić information content (AvgIpc) is 2.77. The second-order valence-electron chi connectivity index (χ2n) is 3.76. The molecule has 1 aromatic heterocycles. The van der Waals surface area contributed by atoms with Gasteiger partial charge < -0.3 is 4.52 Å². The fraction of sp³-hybridized carbons (Fsp3) is 0.167. The maximum absolute atomic E-state index is 12.6. The van der Waals surface area contributed by atoms with Crippen molar-refractivity contribution in [2.75, 3.05) is 0 Å². The van der Waals surface area contributed by atoms with Crippen LogP contribution in [0.3, 0.4) is 0 Å². The molecule has 3 nitrogen and oxygen atoms in total. The fourth-order valence-electron chi connectivity index (χ4n) is 1.44. The molecule has 0 unspecified atom stereocenters. The second kappa shape index (κ2) is 4.29. The Balaban J connectivity index is 2.41. The van der Waals surface area contributed by atoms with Crippen LogP contribution < -0.4 is 0 Å². The number of hydrogen-bond acceptors (Lipinski definition) is 3. The van der Waals surface area contributed by atoms with Crippen LogP contribution in [0, 0.1) is 6.92 Å². The molecule has 0 aliphatic heterocycles. The molecule has 94 valence electrons. The molecule has 2 aromatic rings. The molecule has 0 N–H and O–H groups in total. The van der Waals surface area contributed by atoms with Gasteiger partial charge in [-0.15, -0.1) is 0 Å². The van der Waals surface area contributed by atoms with Crippen molar-refractivity contribution in [2.45, 2.75) is 13.1 Å². The Morgan fingerprint density at radius 3 is 2.39 bits per heavy atom. The molecule has 0 saturated carbocycles. The van der Waals surface area contributed by atoms with Gasteiger partial charge in [0.25, 0.3) is 0 Å². The van der Waals surface area contributed by atoms with Crippen molar-refractivity contribution in [3.8, 4) is 0 Å². The van der Waals surface area contributed by atoms with Gasteiger partial charge >= 0.3 is 6.18 Å². The molecule has 0 atom stereocenters. The summed E-state index contributed by atoms with van der Waals surface area (Å²) in [6, 6.07) is 6.16. The lowest BCUT2D eigenvalue weighted by Gasteiger charge is -2.04. The number of carbonyl (C=O) groups is 1. The van der Waals surface area contributed by atoms with Crippen molar-refractivity contribution in [1.82, 2.24) is 5.16 Å². The summed E-state index contributed by atoms with van der Waals surface area (Å²) in [6.45, 7) is 1.81. The summed E-state index contributed by atoms with van der Waals surface area (Å²) < 4.78 is 42.1.